The van der Waals surface area contributed by atoms with E-state index in [4.69, 9.17) is 0 Å². The monoisotopic (exact) mass is 387 g/mol. The number of hydrogen-bond donors (Lipinski definition) is 1. The van der Waals surface area contributed by atoms with Gasteiger partial charge in [0.15, 0.2) is 5.13 Å². The Labute approximate surface area is 165 Å². The molecular weight excluding hydrogens is 358 g/mol. The number of likely N-dealkylation sites (N-methyl/N-ethyl adjacent to an activating group) is 1. The normalized spacial score (nSPS) is 21.3. The number of nitrogens with one attached hydrogen (secondary N) is 1. The van der Waals surface area contributed by atoms with Gasteiger partial charge in [-0.3, -0.25) is 19.6 Å². The molecule has 27 heavy (non-hydrogen) atoms. The van der Waals surface area contributed by atoms with E-state index in [9.17, 15) is 4.79 Å². The summed E-state index contributed by atoms with van der Waals surface area (Å²) in [5, 5.41) is 3.45. The number of anilines is 1. The van der Waals surface area contributed by atoms with Gasteiger partial charge in [-0.15, -0.1) is 11.3 Å². The van der Waals surface area contributed by atoms with Crippen LogP contribution in [-0.2, 0) is 17.8 Å². The Morgan fingerprint density at radius 1 is 1.33 bits per heavy atom. The zero-order valence-corrected chi connectivity index (χ0v) is 17.4. The molecule has 0 radical (unpaired) electrons. The molecule has 1 aliphatic heterocycles. The quantitative estimate of drug-likeness (QED) is 0.826. The van der Waals surface area contributed by atoms with Crippen molar-refractivity contribution in [2.75, 3.05) is 25.0 Å². The van der Waals surface area contributed by atoms with Crippen LogP contribution in [0.3, 0.4) is 0 Å². The number of aromatic nitrogens is 2. The van der Waals surface area contributed by atoms with Gasteiger partial charge in [0.2, 0.25) is 5.91 Å². The summed E-state index contributed by atoms with van der Waals surface area (Å²) in [5.74, 6) is -0.0754. The molecule has 2 aromatic rings. The highest BCUT2D eigenvalue weighted by molar-refractivity contribution is 7.15. The fourth-order valence-electron chi connectivity index (χ4n) is 3.76. The zero-order valence-electron chi connectivity index (χ0n) is 16.6. The van der Waals surface area contributed by atoms with Crippen molar-refractivity contribution in [3.05, 3.63) is 40.7 Å². The summed E-state index contributed by atoms with van der Waals surface area (Å²) in [7, 11) is 0. The van der Waals surface area contributed by atoms with E-state index in [1.165, 1.54) is 17.4 Å². The minimum absolute atomic E-state index is 0.0754. The van der Waals surface area contributed by atoms with Gasteiger partial charge in [-0.2, -0.15) is 0 Å². The molecule has 6 nitrogen and oxygen atoms in total. The standard InChI is InChI=1S/C20H29N5OS/c1-5-24-11-15(3)25(13-19-10-22-20(27-19)23-16(4)26)12-18(24)9-17-6-7-21-14(2)8-17/h6-8,10,15,18H,5,9,11-13H2,1-4H3,(H,22,23,26)/t15-,18+/m0/s1. The molecule has 1 aliphatic rings. The van der Waals surface area contributed by atoms with Gasteiger partial charge < -0.3 is 5.32 Å². The lowest BCUT2D eigenvalue weighted by Crippen LogP contribution is -2.57. The van der Waals surface area contributed by atoms with Gasteiger partial charge in [0.05, 0.1) is 0 Å². The van der Waals surface area contributed by atoms with Crippen molar-refractivity contribution in [3.8, 4) is 0 Å². The number of amides is 1. The van der Waals surface area contributed by atoms with Gasteiger partial charge in [0.25, 0.3) is 0 Å². The Kier molecular flexibility index (Phi) is 6.57. The summed E-state index contributed by atoms with van der Waals surface area (Å²) in [6, 6.07) is 5.31. The van der Waals surface area contributed by atoms with E-state index in [1.807, 2.05) is 19.3 Å². The molecule has 3 rings (SSSR count). The van der Waals surface area contributed by atoms with Crippen molar-refractivity contribution in [2.24, 2.45) is 0 Å². The molecule has 1 amide bonds. The van der Waals surface area contributed by atoms with Gasteiger partial charge in [-0.1, -0.05) is 6.92 Å². The molecule has 0 saturated carbocycles. The predicted octanol–water partition coefficient (Wildman–Crippen LogP) is 2.94. The topological polar surface area (TPSA) is 61.4 Å². The van der Waals surface area contributed by atoms with Gasteiger partial charge in [-0.05, 0) is 44.5 Å². The molecule has 2 atom stereocenters. The lowest BCUT2D eigenvalue weighted by atomic mass is 10.00. The van der Waals surface area contributed by atoms with Crippen molar-refractivity contribution in [1.29, 1.82) is 0 Å². The number of carbonyl (C=O) groups excluding carboxylic acids is 1. The van der Waals surface area contributed by atoms with Crippen molar-refractivity contribution < 1.29 is 4.79 Å². The summed E-state index contributed by atoms with van der Waals surface area (Å²) < 4.78 is 0. The number of rotatable bonds is 6. The number of piperazine rings is 1. The zero-order chi connectivity index (χ0) is 19.4. The lowest BCUT2D eigenvalue weighted by molar-refractivity contribution is -0.114. The van der Waals surface area contributed by atoms with E-state index in [2.05, 4.69) is 51.1 Å². The highest BCUT2D eigenvalue weighted by Crippen LogP contribution is 2.24. The second-order valence-corrected chi connectivity index (χ2v) is 8.46. The highest BCUT2D eigenvalue weighted by atomic mass is 32.1. The molecule has 7 heteroatoms. The van der Waals surface area contributed by atoms with Crippen LogP contribution in [-0.4, -0.2) is 57.4 Å². The van der Waals surface area contributed by atoms with Crippen LogP contribution >= 0.6 is 11.3 Å². The number of thiazole rings is 1. The smallest absolute Gasteiger partial charge is 0.223 e. The van der Waals surface area contributed by atoms with Crippen LogP contribution in [0, 0.1) is 6.92 Å². The molecule has 0 aliphatic carbocycles. The largest absolute Gasteiger partial charge is 0.302 e. The Morgan fingerprint density at radius 3 is 2.85 bits per heavy atom. The number of pyridine rings is 1. The molecule has 1 N–H and O–H groups in total. The van der Waals surface area contributed by atoms with E-state index in [0.717, 1.165) is 38.3 Å². The Morgan fingerprint density at radius 2 is 2.15 bits per heavy atom. The summed E-state index contributed by atoms with van der Waals surface area (Å²) >= 11 is 1.56. The molecule has 0 aromatic carbocycles. The Balaban J connectivity index is 1.68. The van der Waals surface area contributed by atoms with Gasteiger partial charge >= 0.3 is 0 Å². The minimum atomic E-state index is -0.0754. The van der Waals surface area contributed by atoms with E-state index in [1.54, 1.807) is 11.3 Å². The first-order valence-electron chi connectivity index (χ1n) is 9.56. The lowest BCUT2D eigenvalue weighted by Gasteiger charge is -2.45. The fourth-order valence-corrected chi connectivity index (χ4v) is 4.65. The first kappa shape index (κ1) is 19.9. The van der Waals surface area contributed by atoms with Crippen LogP contribution in [0.15, 0.2) is 24.5 Å². The number of nitrogens with zero attached hydrogens (tertiary/aromatic N) is 4. The SMILES string of the molecule is CCN1C[C@H](C)N(Cc2cnc(NC(C)=O)s2)C[C@H]1Cc1ccnc(C)c1. The number of hydrogen-bond acceptors (Lipinski definition) is 6. The van der Waals surface area contributed by atoms with Crippen LogP contribution in [0.5, 0.6) is 0 Å². The third-order valence-electron chi connectivity index (χ3n) is 5.12. The third-order valence-corrected chi connectivity index (χ3v) is 6.02. The fraction of sp³-hybridized carbons (Fsp3) is 0.550. The maximum atomic E-state index is 11.2. The predicted molar refractivity (Wildman–Crippen MR) is 110 cm³/mol. The molecule has 3 heterocycles. The van der Waals surface area contributed by atoms with Crippen LogP contribution in [0.25, 0.3) is 0 Å². The first-order valence-corrected chi connectivity index (χ1v) is 10.4. The summed E-state index contributed by atoms with van der Waals surface area (Å²) in [6.07, 6.45) is 4.83. The van der Waals surface area contributed by atoms with Crippen LogP contribution in [0.1, 0.15) is 36.9 Å². The number of carbonyl (C=O) groups is 1. The van der Waals surface area contributed by atoms with E-state index >= 15 is 0 Å². The van der Waals surface area contributed by atoms with Crippen molar-refractivity contribution in [1.82, 2.24) is 19.8 Å². The minimum Gasteiger partial charge on any atom is -0.302 e. The average Bonchev–Trinajstić information content (AvgIpc) is 3.03. The maximum absolute atomic E-state index is 11.2. The molecule has 0 unspecified atom stereocenters. The maximum Gasteiger partial charge on any atom is 0.223 e. The average molecular weight is 388 g/mol. The van der Waals surface area contributed by atoms with Crippen LogP contribution in [0.2, 0.25) is 0 Å². The molecule has 1 fully saturated rings. The van der Waals surface area contributed by atoms with Crippen molar-refractivity contribution >= 4 is 22.4 Å². The third kappa shape index (κ3) is 5.34. The Hall–Kier alpha value is -1.83. The van der Waals surface area contributed by atoms with Crippen LogP contribution < -0.4 is 5.32 Å². The second kappa shape index (κ2) is 8.91. The molecular formula is C20H29N5OS. The second-order valence-electron chi connectivity index (χ2n) is 7.34. The highest BCUT2D eigenvalue weighted by Gasteiger charge is 2.31. The number of aryl methyl sites for hydroxylation is 1. The molecule has 0 bridgehead atoms. The molecule has 0 spiro atoms. The summed E-state index contributed by atoms with van der Waals surface area (Å²) in [6.45, 7) is 12.2. The van der Waals surface area contributed by atoms with Crippen LogP contribution in [0.4, 0.5) is 5.13 Å². The molecule has 1 saturated heterocycles. The van der Waals surface area contributed by atoms with Gasteiger partial charge in [-0.25, -0.2) is 4.98 Å². The first-order chi connectivity index (χ1) is 12.9. The Bertz CT molecular complexity index is 777. The van der Waals surface area contributed by atoms with Gasteiger partial charge in [0.1, 0.15) is 0 Å². The summed E-state index contributed by atoms with van der Waals surface area (Å²) in [4.78, 5) is 26.2. The summed E-state index contributed by atoms with van der Waals surface area (Å²) in [5.41, 5.74) is 2.43. The molecule has 146 valence electrons. The molecule has 2 aromatic heterocycles. The van der Waals surface area contributed by atoms with E-state index in [-0.39, 0.29) is 5.91 Å². The van der Waals surface area contributed by atoms with E-state index in [0.29, 0.717) is 17.2 Å². The van der Waals surface area contributed by atoms with Crippen molar-refractivity contribution in [3.63, 3.8) is 0 Å². The van der Waals surface area contributed by atoms with Crippen molar-refractivity contribution in [2.45, 2.75) is 52.7 Å². The van der Waals surface area contributed by atoms with E-state index < -0.39 is 0 Å². The van der Waals surface area contributed by atoms with Gasteiger partial charge in [0, 0.05) is 61.6 Å².